The molecule has 0 fully saturated rings. The van der Waals surface area contributed by atoms with Gasteiger partial charge in [0.1, 0.15) is 11.5 Å². The van der Waals surface area contributed by atoms with Crippen LogP contribution in [0.3, 0.4) is 0 Å². The first-order chi connectivity index (χ1) is 7.72. The Hall–Kier alpha value is -1.49. The molecule has 1 aromatic heterocycles. The van der Waals surface area contributed by atoms with Crippen molar-refractivity contribution < 1.29 is 13.9 Å². The van der Waals surface area contributed by atoms with E-state index in [9.17, 15) is 4.79 Å². The molecular weight excluding hydrogens is 208 g/mol. The minimum absolute atomic E-state index is 0.377. The molecule has 1 aromatic rings. The summed E-state index contributed by atoms with van der Waals surface area (Å²) in [5.41, 5.74) is 0. The van der Waals surface area contributed by atoms with Gasteiger partial charge in [0.05, 0.1) is 13.2 Å². The Morgan fingerprint density at radius 1 is 1.44 bits per heavy atom. The number of aryl methyl sites for hydroxylation is 1. The molecule has 5 heteroatoms. The van der Waals surface area contributed by atoms with E-state index in [1.54, 1.807) is 6.92 Å². The lowest BCUT2D eigenvalue weighted by molar-refractivity contribution is 0.152. The van der Waals surface area contributed by atoms with E-state index in [2.05, 4.69) is 10.6 Å². The third-order valence-electron chi connectivity index (χ3n) is 1.94. The Morgan fingerprint density at radius 2 is 2.25 bits per heavy atom. The van der Waals surface area contributed by atoms with Gasteiger partial charge in [0.15, 0.2) is 0 Å². The van der Waals surface area contributed by atoms with E-state index >= 15 is 0 Å². The first-order valence-electron chi connectivity index (χ1n) is 5.39. The van der Waals surface area contributed by atoms with Crippen molar-refractivity contribution in [1.29, 1.82) is 0 Å². The summed E-state index contributed by atoms with van der Waals surface area (Å²) in [6.07, 6.45) is -0.377. The van der Waals surface area contributed by atoms with Crippen LogP contribution in [-0.4, -0.2) is 25.8 Å². The number of amides is 1. The molecule has 0 aliphatic heterocycles. The van der Waals surface area contributed by atoms with Gasteiger partial charge in [0, 0.05) is 13.1 Å². The quantitative estimate of drug-likeness (QED) is 0.720. The third kappa shape index (κ3) is 4.84. The zero-order valence-corrected chi connectivity index (χ0v) is 9.71. The van der Waals surface area contributed by atoms with Crippen molar-refractivity contribution in [3.63, 3.8) is 0 Å². The molecule has 0 aliphatic rings. The topological polar surface area (TPSA) is 63.5 Å². The first-order valence-corrected chi connectivity index (χ1v) is 5.39. The van der Waals surface area contributed by atoms with E-state index in [4.69, 9.17) is 9.15 Å². The maximum atomic E-state index is 10.9. The van der Waals surface area contributed by atoms with Crippen molar-refractivity contribution in [2.45, 2.75) is 20.4 Å². The molecule has 5 nitrogen and oxygen atoms in total. The van der Waals surface area contributed by atoms with Crippen LogP contribution in [0, 0.1) is 6.92 Å². The first kappa shape index (κ1) is 12.6. The monoisotopic (exact) mass is 226 g/mol. The molecule has 0 saturated heterocycles. The molecule has 0 bridgehead atoms. The van der Waals surface area contributed by atoms with Crippen LogP contribution in [0.25, 0.3) is 0 Å². The van der Waals surface area contributed by atoms with Gasteiger partial charge >= 0.3 is 6.09 Å². The lowest BCUT2D eigenvalue weighted by Crippen LogP contribution is -2.31. The second kappa shape index (κ2) is 6.90. The number of hydrogen-bond acceptors (Lipinski definition) is 4. The van der Waals surface area contributed by atoms with E-state index in [1.165, 1.54) is 0 Å². The fourth-order valence-electron chi connectivity index (χ4n) is 1.23. The maximum Gasteiger partial charge on any atom is 0.407 e. The summed E-state index contributed by atoms with van der Waals surface area (Å²) in [4.78, 5) is 10.9. The summed E-state index contributed by atoms with van der Waals surface area (Å²) < 4.78 is 10.1. The molecule has 0 aromatic carbocycles. The van der Waals surface area contributed by atoms with Crippen LogP contribution in [0.15, 0.2) is 16.5 Å². The predicted molar refractivity (Wildman–Crippen MR) is 60.2 cm³/mol. The van der Waals surface area contributed by atoms with E-state index in [-0.39, 0.29) is 6.09 Å². The maximum absolute atomic E-state index is 10.9. The highest BCUT2D eigenvalue weighted by Gasteiger charge is 1.99. The highest BCUT2D eigenvalue weighted by Crippen LogP contribution is 2.04. The average Bonchev–Trinajstić information content (AvgIpc) is 2.64. The van der Waals surface area contributed by atoms with Crippen molar-refractivity contribution in [2.24, 2.45) is 0 Å². The fraction of sp³-hybridized carbons (Fsp3) is 0.545. The minimum Gasteiger partial charge on any atom is -0.465 e. The van der Waals surface area contributed by atoms with E-state index in [0.29, 0.717) is 26.2 Å². The SMILES string of the molecule is CCOC(=O)NCCNCc1ccc(C)o1. The highest BCUT2D eigenvalue weighted by molar-refractivity contribution is 5.66. The number of ether oxygens (including phenoxy) is 1. The van der Waals surface area contributed by atoms with Gasteiger partial charge in [-0.15, -0.1) is 0 Å². The summed E-state index contributed by atoms with van der Waals surface area (Å²) in [5, 5.41) is 5.77. The van der Waals surface area contributed by atoms with Crippen molar-refractivity contribution in [3.05, 3.63) is 23.7 Å². The van der Waals surface area contributed by atoms with Gasteiger partial charge in [0.2, 0.25) is 0 Å². The zero-order valence-electron chi connectivity index (χ0n) is 9.71. The molecule has 1 rings (SSSR count). The molecule has 2 N–H and O–H groups in total. The fourth-order valence-corrected chi connectivity index (χ4v) is 1.23. The Bertz CT molecular complexity index is 323. The van der Waals surface area contributed by atoms with Crippen molar-refractivity contribution >= 4 is 6.09 Å². The Labute approximate surface area is 95.2 Å². The van der Waals surface area contributed by atoms with Gasteiger partial charge in [0.25, 0.3) is 0 Å². The van der Waals surface area contributed by atoms with Crippen molar-refractivity contribution in [1.82, 2.24) is 10.6 Å². The van der Waals surface area contributed by atoms with Gasteiger partial charge in [-0.05, 0) is 26.0 Å². The number of nitrogens with one attached hydrogen (secondary N) is 2. The van der Waals surface area contributed by atoms with Gasteiger partial charge < -0.3 is 19.8 Å². The number of carbonyl (C=O) groups excluding carboxylic acids is 1. The molecule has 1 amide bonds. The van der Waals surface area contributed by atoms with Crippen LogP contribution >= 0.6 is 0 Å². The van der Waals surface area contributed by atoms with E-state index < -0.39 is 0 Å². The van der Waals surface area contributed by atoms with Gasteiger partial charge in [-0.1, -0.05) is 0 Å². The average molecular weight is 226 g/mol. The highest BCUT2D eigenvalue weighted by atomic mass is 16.5. The second-order valence-corrected chi connectivity index (χ2v) is 3.34. The van der Waals surface area contributed by atoms with Crippen LogP contribution < -0.4 is 10.6 Å². The molecule has 0 atom stereocenters. The van der Waals surface area contributed by atoms with Crippen LogP contribution in [0.2, 0.25) is 0 Å². The largest absolute Gasteiger partial charge is 0.465 e. The summed E-state index contributed by atoms with van der Waals surface area (Å²) in [6.45, 7) is 5.96. The molecule has 0 unspecified atom stereocenters. The number of rotatable bonds is 6. The van der Waals surface area contributed by atoms with Crippen molar-refractivity contribution in [3.8, 4) is 0 Å². The number of carbonyl (C=O) groups is 1. The predicted octanol–water partition coefficient (Wildman–Crippen LogP) is 1.42. The van der Waals surface area contributed by atoms with Crippen LogP contribution in [-0.2, 0) is 11.3 Å². The lowest BCUT2D eigenvalue weighted by Gasteiger charge is -2.05. The Balaban J connectivity index is 2.02. The zero-order chi connectivity index (χ0) is 11.8. The van der Waals surface area contributed by atoms with Gasteiger partial charge in [-0.25, -0.2) is 4.79 Å². The third-order valence-corrected chi connectivity index (χ3v) is 1.94. The van der Waals surface area contributed by atoms with Crippen molar-refractivity contribution in [2.75, 3.05) is 19.7 Å². The summed E-state index contributed by atoms with van der Waals surface area (Å²) in [6, 6.07) is 3.86. The van der Waals surface area contributed by atoms with Crippen LogP contribution in [0.5, 0.6) is 0 Å². The Kier molecular flexibility index (Phi) is 5.42. The van der Waals surface area contributed by atoms with Crippen LogP contribution in [0.4, 0.5) is 4.79 Å². The smallest absolute Gasteiger partial charge is 0.407 e. The molecule has 90 valence electrons. The van der Waals surface area contributed by atoms with Gasteiger partial charge in [-0.2, -0.15) is 0 Å². The summed E-state index contributed by atoms with van der Waals surface area (Å²) in [7, 11) is 0. The minimum atomic E-state index is -0.377. The molecular formula is C11H18N2O3. The molecule has 0 radical (unpaired) electrons. The lowest BCUT2D eigenvalue weighted by atomic mass is 10.4. The van der Waals surface area contributed by atoms with Gasteiger partial charge in [-0.3, -0.25) is 0 Å². The normalized spacial score (nSPS) is 10.1. The summed E-state index contributed by atoms with van der Waals surface area (Å²) in [5.74, 6) is 1.80. The Morgan fingerprint density at radius 3 is 2.88 bits per heavy atom. The second-order valence-electron chi connectivity index (χ2n) is 3.34. The molecule has 16 heavy (non-hydrogen) atoms. The number of alkyl carbamates (subject to hydrolysis) is 1. The van der Waals surface area contributed by atoms with Crippen LogP contribution in [0.1, 0.15) is 18.4 Å². The molecule has 0 spiro atoms. The molecule has 0 aliphatic carbocycles. The number of furan rings is 1. The summed E-state index contributed by atoms with van der Waals surface area (Å²) >= 11 is 0. The van der Waals surface area contributed by atoms with E-state index in [0.717, 1.165) is 11.5 Å². The number of hydrogen-bond donors (Lipinski definition) is 2. The molecule has 0 saturated carbocycles. The standard InChI is InChI=1S/C11H18N2O3/c1-3-15-11(14)13-7-6-12-8-10-5-4-9(2)16-10/h4-5,12H,3,6-8H2,1-2H3,(H,13,14). The molecule has 1 heterocycles. The van der Waals surface area contributed by atoms with E-state index in [1.807, 2.05) is 19.1 Å².